The summed E-state index contributed by atoms with van der Waals surface area (Å²) in [4.78, 5) is 33.5. The number of rotatable bonds is 5. The Balaban J connectivity index is 2.48. The monoisotopic (exact) mass is 306 g/mol. The minimum absolute atomic E-state index is 0.223. The fraction of sp³-hybridized carbons (Fsp3) is 0.750. The highest BCUT2D eigenvalue weighted by Gasteiger charge is 2.31. The lowest BCUT2D eigenvalue weighted by Gasteiger charge is -2.29. The summed E-state index contributed by atoms with van der Waals surface area (Å²) in [6.45, 7) is 1.22. The molecule has 1 aliphatic carbocycles. The van der Waals surface area contributed by atoms with Crippen molar-refractivity contribution >= 4 is 28.8 Å². The molecule has 1 rings (SSSR count). The van der Waals surface area contributed by atoms with Crippen molar-refractivity contribution in [2.45, 2.75) is 56.2 Å². The van der Waals surface area contributed by atoms with Crippen LogP contribution in [0, 0.1) is 0 Å². The van der Waals surface area contributed by atoms with Crippen LogP contribution in [0.3, 0.4) is 0 Å². The summed E-state index contributed by atoms with van der Waals surface area (Å²) in [7, 11) is 0. The first-order chi connectivity index (χ1) is 9.27. The van der Waals surface area contributed by atoms with E-state index in [0.29, 0.717) is 11.8 Å². The first-order valence-electron chi connectivity index (χ1n) is 6.23. The largest absolute Gasteiger partial charge is 0.480 e. The molecule has 20 heavy (non-hydrogen) atoms. The first-order valence-corrected chi connectivity index (χ1v) is 7.11. The van der Waals surface area contributed by atoms with Crippen LogP contribution in [0.5, 0.6) is 0 Å². The molecule has 0 aromatic rings. The average molecular weight is 306 g/mol. The maximum Gasteiger partial charge on any atom is 0.317 e. The Morgan fingerprint density at radius 1 is 1.20 bits per heavy atom. The van der Waals surface area contributed by atoms with Crippen molar-refractivity contribution < 1.29 is 34.4 Å². The molecule has 0 amide bonds. The predicted octanol–water partition coefficient (Wildman–Crippen LogP) is -0.0731. The fourth-order valence-corrected chi connectivity index (χ4v) is 2.79. The highest BCUT2D eigenvalue weighted by Crippen LogP contribution is 2.23. The predicted molar refractivity (Wildman–Crippen MR) is 70.1 cm³/mol. The van der Waals surface area contributed by atoms with Gasteiger partial charge in [-0.1, -0.05) is 11.8 Å². The van der Waals surface area contributed by atoms with Gasteiger partial charge in [-0.15, -0.1) is 0 Å². The standard InChI is InChI=1S/C12H18O7S/c1-6(13)20-10(12(17)18)5-11(16)19-9-3-7(14)2-8(15)4-9/h7-10,14-15H,2-5H2,1H3,(H,17,18). The van der Waals surface area contributed by atoms with Gasteiger partial charge in [-0.3, -0.25) is 14.4 Å². The van der Waals surface area contributed by atoms with E-state index in [1.54, 1.807) is 0 Å². The fourth-order valence-electron chi connectivity index (χ4n) is 2.07. The highest BCUT2D eigenvalue weighted by molar-refractivity contribution is 8.14. The van der Waals surface area contributed by atoms with Crippen LogP contribution < -0.4 is 0 Å². The number of hydrogen-bond donors (Lipinski definition) is 3. The molecule has 0 radical (unpaired) electrons. The number of aliphatic hydroxyl groups excluding tert-OH is 2. The summed E-state index contributed by atoms with van der Waals surface area (Å²) in [5, 5.41) is 26.2. The van der Waals surface area contributed by atoms with Crippen LogP contribution in [0.4, 0.5) is 0 Å². The topological polar surface area (TPSA) is 121 Å². The second kappa shape index (κ2) is 7.61. The van der Waals surface area contributed by atoms with Crippen molar-refractivity contribution in [2.24, 2.45) is 0 Å². The lowest BCUT2D eigenvalue weighted by molar-refractivity contribution is -0.156. The van der Waals surface area contributed by atoms with Crippen molar-refractivity contribution in [3.63, 3.8) is 0 Å². The Labute approximate surface area is 120 Å². The van der Waals surface area contributed by atoms with Crippen molar-refractivity contribution in [1.29, 1.82) is 0 Å². The summed E-state index contributed by atoms with van der Waals surface area (Å²) >= 11 is 0.561. The second-order valence-electron chi connectivity index (χ2n) is 4.77. The Morgan fingerprint density at radius 2 is 1.75 bits per heavy atom. The van der Waals surface area contributed by atoms with Crippen molar-refractivity contribution in [3.8, 4) is 0 Å². The van der Waals surface area contributed by atoms with E-state index in [1.807, 2.05) is 0 Å². The van der Waals surface area contributed by atoms with E-state index >= 15 is 0 Å². The summed E-state index contributed by atoms with van der Waals surface area (Å²) < 4.78 is 5.05. The van der Waals surface area contributed by atoms with Crippen LogP contribution in [0.25, 0.3) is 0 Å². The number of carboxylic acids is 1. The van der Waals surface area contributed by atoms with Gasteiger partial charge in [0.15, 0.2) is 5.12 Å². The quantitative estimate of drug-likeness (QED) is 0.603. The Kier molecular flexibility index (Phi) is 6.44. The maximum absolute atomic E-state index is 11.6. The second-order valence-corrected chi connectivity index (χ2v) is 6.15. The van der Waals surface area contributed by atoms with Gasteiger partial charge < -0.3 is 20.1 Å². The SMILES string of the molecule is CC(=O)SC(CC(=O)OC1CC(O)CC(O)C1)C(=O)O. The van der Waals surface area contributed by atoms with E-state index in [9.17, 15) is 24.6 Å². The number of thioether (sulfide) groups is 1. The third-order valence-corrected chi connectivity index (χ3v) is 3.83. The van der Waals surface area contributed by atoms with E-state index in [0.717, 1.165) is 0 Å². The molecule has 0 bridgehead atoms. The molecule has 0 aliphatic heterocycles. The molecule has 0 spiro atoms. The molecule has 1 saturated carbocycles. The lowest BCUT2D eigenvalue weighted by atomic mass is 9.92. The van der Waals surface area contributed by atoms with Crippen LogP contribution in [-0.2, 0) is 19.1 Å². The molecule has 1 fully saturated rings. The van der Waals surface area contributed by atoms with Gasteiger partial charge in [-0.2, -0.15) is 0 Å². The molecule has 7 nitrogen and oxygen atoms in total. The third kappa shape index (κ3) is 5.89. The van der Waals surface area contributed by atoms with Gasteiger partial charge in [-0.05, 0) is 6.42 Å². The van der Waals surface area contributed by atoms with Gasteiger partial charge in [0.1, 0.15) is 11.4 Å². The van der Waals surface area contributed by atoms with Gasteiger partial charge in [0.05, 0.1) is 18.6 Å². The van der Waals surface area contributed by atoms with Crippen molar-refractivity contribution in [2.75, 3.05) is 0 Å². The Morgan fingerprint density at radius 3 is 2.20 bits per heavy atom. The molecule has 0 saturated heterocycles. The van der Waals surface area contributed by atoms with Crippen molar-refractivity contribution in [1.82, 2.24) is 0 Å². The number of carbonyl (C=O) groups is 3. The zero-order chi connectivity index (χ0) is 15.3. The minimum atomic E-state index is -1.26. The van der Waals surface area contributed by atoms with E-state index in [2.05, 4.69) is 0 Å². The number of aliphatic hydroxyl groups is 2. The molecule has 3 unspecified atom stereocenters. The number of carbonyl (C=O) groups excluding carboxylic acids is 2. The summed E-state index contributed by atoms with van der Waals surface area (Å²) in [6, 6.07) is 0. The summed E-state index contributed by atoms with van der Waals surface area (Å²) in [5.41, 5.74) is 0. The molecule has 8 heteroatoms. The zero-order valence-electron chi connectivity index (χ0n) is 11.0. The van der Waals surface area contributed by atoms with Crippen LogP contribution >= 0.6 is 11.8 Å². The smallest absolute Gasteiger partial charge is 0.317 e. The van der Waals surface area contributed by atoms with Gasteiger partial charge in [-0.25, -0.2) is 0 Å². The summed E-state index contributed by atoms with van der Waals surface area (Å²) in [5.74, 6) is -2.01. The first kappa shape index (κ1) is 16.9. The number of ether oxygens (including phenoxy) is 1. The van der Waals surface area contributed by atoms with Gasteiger partial charge in [0.25, 0.3) is 0 Å². The normalized spacial score (nSPS) is 27.6. The number of esters is 1. The number of hydrogen-bond acceptors (Lipinski definition) is 7. The molecular formula is C12H18O7S. The van der Waals surface area contributed by atoms with Crippen LogP contribution in [0.1, 0.15) is 32.6 Å². The van der Waals surface area contributed by atoms with E-state index in [1.165, 1.54) is 6.92 Å². The number of aliphatic carboxylic acids is 1. The molecule has 0 aromatic carbocycles. The molecule has 0 heterocycles. The molecule has 3 N–H and O–H groups in total. The molecule has 3 atom stereocenters. The highest BCUT2D eigenvalue weighted by atomic mass is 32.2. The van der Waals surface area contributed by atoms with Gasteiger partial charge in [0, 0.05) is 19.8 Å². The molecule has 114 valence electrons. The maximum atomic E-state index is 11.6. The van der Waals surface area contributed by atoms with E-state index in [4.69, 9.17) is 9.84 Å². The van der Waals surface area contributed by atoms with Crippen molar-refractivity contribution in [3.05, 3.63) is 0 Å². The van der Waals surface area contributed by atoms with E-state index in [-0.39, 0.29) is 19.3 Å². The lowest BCUT2D eigenvalue weighted by Crippen LogP contribution is -2.36. The number of carboxylic acid groups (broad SMARTS) is 1. The molecule has 1 aliphatic rings. The minimum Gasteiger partial charge on any atom is -0.480 e. The van der Waals surface area contributed by atoms with Crippen LogP contribution in [0.15, 0.2) is 0 Å². The summed E-state index contributed by atoms with van der Waals surface area (Å²) in [6.07, 6.45) is -1.84. The van der Waals surface area contributed by atoms with Gasteiger partial charge >= 0.3 is 11.9 Å². The molecular weight excluding hydrogens is 288 g/mol. The third-order valence-electron chi connectivity index (χ3n) is 2.85. The van der Waals surface area contributed by atoms with Crippen LogP contribution in [0.2, 0.25) is 0 Å². The van der Waals surface area contributed by atoms with Gasteiger partial charge in [0.2, 0.25) is 0 Å². The molecule has 0 aromatic heterocycles. The Hall–Kier alpha value is -1.12. The zero-order valence-corrected chi connectivity index (χ0v) is 11.8. The average Bonchev–Trinajstić information content (AvgIpc) is 2.25. The van der Waals surface area contributed by atoms with E-state index < -0.39 is 47.0 Å². The van der Waals surface area contributed by atoms with Crippen LogP contribution in [-0.4, -0.2) is 55.9 Å². The Bertz CT molecular complexity index is 374.